The Balaban J connectivity index is 2.02. The van der Waals surface area contributed by atoms with E-state index in [0.717, 1.165) is 12.0 Å². The first kappa shape index (κ1) is 17.6. The lowest BCUT2D eigenvalue weighted by Crippen LogP contribution is -2.60. The van der Waals surface area contributed by atoms with E-state index in [0.29, 0.717) is 10.8 Å². The summed E-state index contributed by atoms with van der Waals surface area (Å²) in [5.41, 5.74) is 0. The van der Waals surface area contributed by atoms with E-state index in [-0.39, 0.29) is 0 Å². The average molecular weight is 313 g/mol. The first-order valence-electron chi connectivity index (χ1n) is 9.16. The van der Waals surface area contributed by atoms with Gasteiger partial charge in [-0.3, -0.25) is 4.90 Å². The van der Waals surface area contributed by atoms with Gasteiger partial charge < -0.3 is 5.32 Å². The Morgan fingerprint density at radius 2 is 1.95 bits per heavy atom. The molecule has 1 saturated carbocycles. The number of thioether (sulfide) groups is 1. The molecule has 3 heteroatoms. The maximum Gasteiger partial charge on any atom is 0.0284 e. The minimum Gasteiger partial charge on any atom is -0.311 e. The third kappa shape index (κ3) is 4.39. The molecule has 0 amide bonds. The maximum absolute atomic E-state index is 3.82. The number of rotatable bonds is 6. The zero-order valence-corrected chi connectivity index (χ0v) is 15.5. The molecule has 0 aromatic carbocycles. The average Bonchev–Trinajstić information content (AvgIpc) is 2.55. The van der Waals surface area contributed by atoms with E-state index in [1.54, 1.807) is 0 Å². The summed E-state index contributed by atoms with van der Waals surface area (Å²) in [5, 5.41) is 3.82. The summed E-state index contributed by atoms with van der Waals surface area (Å²) in [5.74, 6) is 0.793. The molecule has 2 aliphatic rings. The standard InChI is InChI=1S/C18H36N2S/c1-5-15(3)17-13-20(16(6-2)12-19-17)14-18(21-4)10-8-7-9-11-18/h15-17,19H,5-14H2,1-4H3. The fourth-order valence-corrected chi connectivity index (χ4v) is 5.13. The number of hydrogen-bond acceptors (Lipinski definition) is 3. The first-order chi connectivity index (χ1) is 10.1. The lowest BCUT2D eigenvalue weighted by molar-refractivity contribution is 0.0893. The summed E-state index contributed by atoms with van der Waals surface area (Å²) in [7, 11) is 0. The van der Waals surface area contributed by atoms with Crippen LogP contribution in [-0.4, -0.2) is 47.6 Å². The Kier molecular flexibility index (Phi) is 6.89. The summed E-state index contributed by atoms with van der Waals surface area (Å²) in [6.45, 7) is 10.9. The topological polar surface area (TPSA) is 15.3 Å². The normalized spacial score (nSPS) is 32.0. The van der Waals surface area contributed by atoms with Crippen LogP contribution in [0.15, 0.2) is 0 Å². The van der Waals surface area contributed by atoms with Crippen LogP contribution in [0.2, 0.25) is 0 Å². The maximum atomic E-state index is 3.82. The summed E-state index contributed by atoms with van der Waals surface area (Å²) in [6, 6.07) is 1.44. The molecule has 3 atom stereocenters. The molecule has 2 fully saturated rings. The molecule has 3 unspecified atom stereocenters. The highest BCUT2D eigenvalue weighted by Gasteiger charge is 2.37. The highest BCUT2D eigenvalue weighted by Crippen LogP contribution is 2.40. The van der Waals surface area contributed by atoms with Crippen molar-refractivity contribution in [2.24, 2.45) is 5.92 Å². The Hall–Kier alpha value is 0.270. The molecular weight excluding hydrogens is 276 g/mol. The van der Waals surface area contributed by atoms with Crippen molar-refractivity contribution in [3.05, 3.63) is 0 Å². The van der Waals surface area contributed by atoms with Crippen molar-refractivity contribution in [1.29, 1.82) is 0 Å². The van der Waals surface area contributed by atoms with Gasteiger partial charge in [-0.05, 0) is 31.4 Å². The van der Waals surface area contributed by atoms with E-state index in [9.17, 15) is 0 Å². The van der Waals surface area contributed by atoms with Gasteiger partial charge in [0.25, 0.3) is 0 Å². The third-order valence-corrected chi connectivity index (χ3v) is 7.46. The lowest BCUT2D eigenvalue weighted by atomic mass is 9.86. The van der Waals surface area contributed by atoms with Crippen molar-refractivity contribution in [3.63, 3.8) is 0 Å². The molecular formula is C18H36N2S. The van der Waals surface area contributed by atoms with Gasteiger partial charge in [0.1, 0.15) is 0 Å². The highest BCUT2D eigenvalue weighted by molar-refractivity contribution is 8.00. The molecule has 21 heavy (non-hydrogen) atoms. The van der Waals surface area contributed by atoms with Crippen molar-refractivity contribution in [2.45, 2.75) is 82.5 Å². The summed E-state index contributed by atoms with van der Waals surface area (Å²) in [6.07, 6.45) is 12.1. The van der Waals surface area contributed by atoms with Crippen molar-refractivity contribution < 1.29 is 0 Å². The molecule has 1 aliphatic heterocycles. The first-order valence-corrected chi connectivity index (χ1v) is 10.4. The Bertz CT molecular complexity index is 302. The zero-order chi connectivity index (χ0) is 15.3. The van der Waals surface area contributed by atoms with Gasteiger partial charge in [0.15, 0.2) is 0 Å². The molecule has 0 radical (unpaired) electrons. The Morgan fingerprint density at radius 1 is 1.24 bits per heavy atom. The van der Waals surface area contributed by atoms with Crippen LogP contribution in [0.1, 0.15) is 65.7 Å². The summed E-state index contributed by atoms with van der Waals surface area (Å²) < 4.78 is 0.545. The fraction of sp³-hybridized carbons (Fsp3) is 1.00. The second kappa shape index (κ2) is 8.21. The van der Waals surface area contributed by atoms with Crippen LogP contribution in [0.5, 0.6) is 0 Å². The van der Waals surface area contributed by atoms with Gasteiger partial charge in [-0.2, -0.15) is 11.8 Å². The fourth-order valence-electron chi connectivity index (χ4n) is 4.14. The molecule has 124 valence electrons. The van der Waals surface area contributed by atoms with Crippen LogP contribution in [0.4, 0.5) is 0 Å². The summed E-state index contributed by atoms with van der Waals surface area (Å²) in [4.78, 5) is 2.84. The predicted octanol–water partition coefficient (Wildman–Crippen LogP) is 4.15. The second-order valence-corrected chi connectivity index (χ2v) is 8.61. The zero-order valence-electron chi connectivity index (χ0n) is 14.7. The van der Waals surface area contributed by atoms with Gasteiger partial charge in [-0.1, -0.05) is 46.5 Å². The van der Waals surface area contributed by atoms with Gasteiger partial charge in [-0.15, -0.1) is 0 Å². The van der Waals surface area contributed by atoms with Crippen LogP contribution < -0.4 is 5.32 Å². The molecule has 1 saturated heterocycles. The molecule has 2 nitrogen and oxygen atoms in total. The number of nitrogens with zero attached hydrogens (tertiary/aromatic N) is 1. The predicted molar refractivity (Wildman–Crippen MR) is 96.2 cm³/mol. The molecule has 1 N–H and O–H groups in total. The van der Waals surface area contributed by atoms with Crippen LogP contribution in [-0.2, 0) is 0 Å². The number of piperazine rings is 1. The highest BCUT2D eigenvalue weighted by atomic mass is 32.2. The monoisotopic (exact) mass is 312 g/mol. The molecule has 0 bridgehead atoms. The second-order valence-electron chi connectivity index (χ2n) is 7.34. The van der Waals surface area contributed by atoms with E-state index < -0.39 is 0 Å². The molecule has 0 aromatic rings. The largest absolute Gasteiger partial charge is 0.311 e. The molecule has 1 heterocycles. The molecule has 1 aliphatic carbocycles. The van der Waals surface area contributed by atoms with Crippen LogP contribution in [0.25, 0.3) is 0 Å². The number of hydrogen-bond donors (Lipinski definition) is 1. The van der Waals surface area contributed by atoms with Gasteiger partial charge in [-0.25, -0.2) is 0 Å². The van der Waals surface area contributed by atoms with Gasteiger partial charge in [0, 0.05) is 36.5 Å². The SMILES string of the molecule is CCC(C)C1CN(CC2(SC)CCCCC2)C(CC)CN1. The van der Waals surface area contributed by atoms with Crippen LogP contribution >= 0.6 is 11.8 Å². The molecule has 2 rings (SSSR count). The van der Waals surface area contributed by atoms with Gasteiger partial charge >= 0.3 is 0 Å². The summed E-state index contributed by atoms with van der Waals surface area (Å²) >= 11 is 2.15. The van der Waals surface area contributed by atoms with E-state index >= 15 is 0 Å². The minimum atomic E-state index is 0.545. The third-order valence-electron chi connectivity index (χ3n) is 6.05. The van der Waals surface area contributed by atoms with E-state index in [1.807, 2.05) is 0 Å². The van der Waals surface area contributed by atoms with Gasteiger partial charge in [0.2, 0.25) is 0 Å². The van der Waals surface area contributed by atoms with Crippen LogP contribution in [0, 0.1) is 5.92 Å². The Labute approximate surface area is 136 Å². The minimum absolute atomic E-state index is 0.545. The van der Waals surface area contributed by atoms with Crippen molar-refractivity contribution >= 4 is 11.8 Å². The Morgan fingerprint density at radius 3 is 2.52 bits per heavy atom. The lowest BCUT2D eigenvalue weighted by Gasteiger charge is -2.47. The van der Waals surface area contributed by atoms with E-state index in [4.69, 9.17) is 0 Å². The van der Waals surface area contributed by atoms with Crippen molar-refractivity contribution in [2.75, 3.05) is 25.9 Å². The molecule has 0 spiro atoms. The molecule has 0 aromatic heterocycles. The van der Waals surface area contributed by atoms with Crippen LogP contribution in [0.3, 0.4) is 0 Å². The van der Waals surface area contributed by atoms with Crippen molar-refractivity contribution in [1.82, 2.24) is 10.2 Å². The van der Waals surface area contributed by atoms with E-state index in [2.05, 4.69) is 49.0 Å². The number of nitrogens with one attached hydrogen (secondary N) is 1. The quantitative estimate of drug-likeness (QED) is 0.793. The van der Waals surface area contributed by atoms with E-state index in [1.165, 1.54) is 64.6 Å². The van der Waals surface area contributed by atoms with Crippen molar-refractivity contribution in [3.8, 4) is 0 Å². The smallest absolute Gasteiger partial charge is 0.0284 e. The van der Waals surface area contributed by atoms with Gasteiger partial charge in [0.05, 0.1) is 0 Å².